The van der Waals surface area contributed by atoms with E-state index in [-0.39, 0.29) is 18.9 Å². The summed E-state index contributed by atoms with van der Waals surface area (Å²) in [6, 6.07) is 7.38. The van der Waals surface area contributed by atoms with Crippen molar-refractivity contribution in [3.8, 4) is 0 Å². The van der Waals surface area contributed by atoms with Gasteiger partial charge in [0, 0.05) is 26.1 Å². The molecule has 0 radical (unpaired) electrons. The maximum atomic E-state index is 12.0. The number of nitrogens with one attached hydrogen (secondary N) is 1. The minimum absolute atomic E-state index is 0.135. The highest BCUT2D eigenvalue weighted by molar-refractivity contribution is 7.92. The van der Waals surface area contributed by atoms with Crippen LogP contribution in [0.4, 0.5) is 5.69 Å². The summed E-state index contributed by atoms with van der Waals surface area (Å²) in [5, 5.41) is 2.79. The SMILES string of the molecule is CCc1ccc(N(CCC(=O)NCCN(C)C)S(C)(=O)=O)cc1. The number of nitrogens with zero attached hydrogens (tertiary/aromatic N) is 2. The van der Waals surface area contributed by atoms with Crippen molar-refractivity contribution >= 4 is 21.6 Å². The maximum Gasteiger partial charge on any atom is 0.232 e. The van der Waals surface area contributed by atoms with E-state index in [1.807, 2.05) is 38.1 Å². The number of aryl methyl sites for hydroxylation is 1. The highest BCUT2D eigenvalue weighted by atomic mass is 32.2. The summed E-state index contributed by atoms with van der Waals surface area (Å²) < 4.78 is 25.3. The average molecular weight is 341 g/mol. The summed E-state index contributed by atoms with van der Waals surface area (Å²) in [6.45, 7) is 3.48. The lowest BCUT2D eigenvalue weighted by atomic mass is 10.1. The number of sulfonamides is 1. The molecule has 1 N–H and O–H groups in total. The molecule has 0 heterocycles. The van der Waals surface area contributed by atoms with Gasteiger partial charge in [0.05, 0.1) is 11.9 Å². The molecule has 1 aromatic carbocycles. The van der Waals surface area contributed by atoms with Crippen LogP contribution in [0.2, 0.25) is 0 Å². The smallest absolute Gasteiger partial charge is 0.232 e. The molecule has 0 aliphatic carbocycles. The summed E-state index contributed by atoms with van der Waals surface area (Å²) >= 11 is 0. The van der Waals surface area contributed by atoms with Crippen LogP contribution in [0, 0.1) is 0 Å². The predicted octanol–water partition coefficient (Wildman–Crippen LogP) is 1.08. The van der Waals surface area contributed by atoms with Gasteiger partial charge in [-0.1, -0.05) is 19.1 Å². The molecule has 0 atom stereocenters. The van der Waals surface area contributed by atoms with E-state index in [1.165, 1.54) is 4.31 Å². The minimum Gasteiger partial charge on any atom is -0.355 e. The number of hydrogen-bond donors (Lipinski definition) is 1. The summed E-state index contributed by atoms with van der Waals surface area (Å²) in [5.41, 5.74) is 1.73. The summed E-state index contributed by atoms with van der Waals surface area (Å²) in [5.74, 6) is -0.148. The monoisotopic (exact) mass is 341 g/mol. The first kappa shape index (κ1) is 19.4. The van der Waals surface area contributed by atoms with Gasteiger partial charge in [0.1, 0.15) is 0 Å². The minimum atomic E-state index is -3.42. The number of amides is 1. The molecular weight excluding hydrogens is 314 g/mol. The predicted molar refractivity (Wildman–Crippen MR) is 94.2 cm³/mol. The van der Waals surface area contributed by atoms with Crippen molar-refractivity contribution in [3.05, 3.63) is 29.8 Å². The number of anilines is 1. The van der Waals surface area contributed by atoms with Crippen LogP contribution in [0.3, 0.4) is 0 Å². The third-order valence-corrected chi connectivity index (χ3v) is 4.65. The van der Waals surface area contributed by atoms with Crippen LogP contribution in [0.5, 0.6) is 0 Å². The van der Waals surface area contributed by atoms with Gasteiger partial charge in [-0.25, -0.2) is 8.42 Å². The summed E-state index contributed by atoms with van der Waals surface area (Å²) in [6.07, 6.45) is 2.19. The third-order valence-electron chi connectivity index (χ3n) is 3.46. The lowest BCUT2D eigenvalue weighted by molar-refractivity contribution is -0.120. The van der Waals surface area contributed by atoms with E-state index in [0.717, 1.165) is 24.8 Å². The number of benzene rings is 1. The van der Waals surface area contributed by atoms with Gasteiger partial charge in [-0.15, -0.1) is 0 Å². The van der Waals surface area contributed by atoms with Gasteiger partial charge in [0.25, 0.3) is 0 Å². The van der Waals surface area contributed by atoms with E-state index in [2.05, 4.69) is 5.32 Å². The molecule has 0 aliphatic heterocycles. The normalized spacial score (nSPS) is 11.5. The largest absolute Gasteiger partial charge is 0.355 e. The van der Waals surface area contributed by atoms with Crippen LogP contribution in [-0.2, 0) is 21.2 Å². The Morgan fingerprint density at radius 1 is 1.13 bits per heavy atom. The zero-order chi connectivity index (χ0) is 17.5. The van der Waals surface area contributed by atoms with Gasteiger partial charge in [-0.05, 0) is 38.2 Å². The second-order valence-electron chi connectivity index (χ2n) is 5.76. The highest BCUT2D eigenvalue weighted by Gasteiger charge is 2.18. The van der Waals surface area contributed by atoms with Crippen LogP contribution >= 0.6 is 0 Å². The molecule has 130 valence electrons. The molecule has 0 aromatic heterocycles. The molecule has 6 nitrogen and oxygen atoms in total. The van der Waals surface area contributed by atoms with Crippen LogP contribution in [-0.4, -0.2) is 59.2 Å². The van der Waals surface area contributed by atoms with Gasteiger partial charge < -0.3 is 10.2 Å². The molecule has 0 fully saturated rings. The molecule has 1 aromatic rings. The molecule has 1 amide bonds. The van der Waals surface area contributed by atoms with Gasteiger partial charge in [0.15, 0.2) is 0 Å². The fourth-order valence-electron chi connectivity index (χ4n) is 2.09. The van der Waals surface area contributed by atoms with Crippen LogP contribution < -0.4 is 9.62 Å². The second kappa shape index (κ2) is 8.88. The molecule has 0 saturated heterocycles. The zero-order valence-electron chi connectivity index (χ0n) is 14.4. The number of carbonyl (C=O) groups is 1. The number of hydrogen-bond acceptors (Lipinski definition) is 4. The van der Waals surface area contributed by atoms with Gasteiger partial charge >= 0.3 is 0 Å². The van der Waals surface area contributed by atoms with E-state index >= 15 is 0 Å². The Hall–Kier alpha value is -1.60. The van der Waals surface area contributed by atoms with Gasteiger partial charge in [-0.2, -0.15) is 0 Å². The van der Waals surface area contributed by atoms with Crippen molar-refractivity contribution < 1.29 is 13.2 Å². The van der Waals surface area contributed by atoms with E-state index in [9.17, 15) is 13.2 Å². The molecule has 0 spiro atoms. The third kappa shape index (κ3) is 7.00. The Balaban J connectivity index is 2.67. The maximum absolute atomic E-state index is 12.0. The summed E-state index contributed by atoms with van der Waals surface area (Å²) in [7, 11) is 0.434. The molecule has 0 unspecified atom stereocenters. The van der Waals surface area contributed by atoms with E-state index in [4.69, 9.17) is 0 Å². The van der Waals surface area contributed by atoms with Gasteiger partial charge in [0.2, 0.25) is 15.9 Å². The van der Waals surface area contributed by atoms with E-state index < -0.39 is 10.0 Å². The lowest BCUT2D eigenvalue weighted by Gasteiger charge is -2.22. The Bertz CT molecular complexity index is 598. The first-order valence-corrected chi connectivity index (χ1v) is 9.57. The van der Waals surface area contributed by atoms with E-state index in [0.29, 0.717) is 12.2 Å². The van der Waals surface area contributed by atoms with Crippen LogP contribution in [0.1, 0.15) is 18.9 Å². The quantitative estimate of drug-likeness (QED) is 0.730. The van der Waals surface area contributed by atoms with Gasteiger partial charge in [-0.3, -0.25) is 9.10 Å². The number of rotatable bonds is 9. The summed E-state index contributed by atoms with van der Waals surface area (Å²) in [4.78, 5) is 13.8. The highest BCUT2D eigenvalue weighted by Crippen LogP contribution is 2.19. The van der Waals surface area contributed by atoms with Crippen molar-refractivity contribution in [3.63, 3.8) is 0 Å². The van der Waals surface area contributed by atoms with Crippen LogP contribution in [0.25, 0.3) is 0 Å². The molecule has 23 heavy (non-hydrogen) atoms. The first-order chi connectivity index (χ1) is 10.7. The van der Waals surface area contributed by atoms with Crippen molar-refractivity contribution in [2.24, 2.45) is 0 Å². The lowest BCUT2D eigenvalue weighted by Crippen LogP contribution is -2.36. The Kier molecular flexibility index (Phi) is 7.51. The number of likely N-dealkylation sites (N-methyl/N-ethyl adjacent to an activating group) is 1. The molecular formula is C16H27N3O3S. The van der Waals surface area contributed by atoms with Crippen molar-refractivity contribution in [2.45, 2.75) is 19.8 Å². The molecule has 0 bridgehead atoms. The topological polar surface area (TPSA) is 69.7 Å². The van der Waals surface area contributed by atoms with Crippen LogP contribution in [0.15, 0.2) is 24.3 Å². The first-order valence-electron chi connectivity index (χ1n) is 7.72. The van der Waals surface area contributed by atoms with E-state index in [1.54, 1.807) is 12.1 Å². The van der Waals surface area contributed by atoms with Crippen molar-refractivity contribution in [2.75, 3.05) is 44.3 Å². The Labute approximate surface area is 139 Å². The standard InChI is InChI=1S/C16H27N3O3S/c1-5-14-6-8-15(9-7-14)19(23(4,21)22)12-10-16(20)17-11-13-18(2)3/h6-9H,5,10-13H2,1-4H3,(H,17,20). The Morgan fingerprint density at radius 3 is 2.22 bits per heavy atom. The molecule has 7 heteroatoms. The fourth-order valence-corrected chi connectivity index (χ4v) is 3.02. The number of carbonyl (C=O) groups excluding carboxylic acids is 1. The zero-order valence-corrected chi connectivity index (χ0v) is 15.2. The van der Waals surface area contributed by atoms with Crippen molar-refractivity contribution in [1.82, 2.24) is 10.2 Å². The van der Waals surface area contributed by atoms with Crippen molar-refractivity contribution in [1.29, 1.82) is 0 Å². The molecule has 0 saturated carbocycles. The fraction of sp³-hybridized carbons (Fsp3) is 0.562. The second-order valence-corrected chi connectivity index (χ2v) is 7.67. The Morgan fingerprint density at radius 2 is 1.74 bits per heavy atom. The molecule has 1 rings (SSSR count). The molecule has 0 aliphatic rings. The average Bonchev–Trinajstić information content (AvgIpc) is 2.46.